The normalized spacial score (nSPS) is 16.1. The highest BCUT2D eigenvalue weighted by molar-refractivity contribution is 9.10. The Balaban J connectivity index is 1.61. The number of aromatic nitrogens is 2. The van der Waals surface area contributed by atoms with Crippen LogP contribution in [0, 0.1) is 5.82 Å². The van der Waals surface area contributed by atoms with E-state index in [9.17, 15) is 14.3 Å². The van der Waals surface area contributed by atoms with Crippen LogP contribution in [-0.2, 0) is 12.8 Å². The summed E-state index contributed by atoms with van der Waals surface area (Å²) in [5, 5.41) is 9.57. The Hall–Kier alpha value is -2.80. The molecular formula is C23H21BrFN3O2. The highest BCUT2D eigenvalue weighted by atomic mass is 79.9. The van der Waals surface area contributed by atoms with Crippen molar-refractivity contribution in [3.8, 4) is 0 Å². The Kier molecular flexibility index (Phi) is 6.08. The van der Waals surface area contributed by atoms with Crippen LogP contribution in [0.25, 0.3) is 0 Å². The average Bonchev–Trinajstić information content (AvgIpc) is 3.23. The van der Waals surface area contributed by atoms with Gasteiger partial charge in [0.15, 0.2) is 0 Å². The number of hydrogen-bond donors (Lipinski definition) is 1. The van der Waals surface area contributed by atoms with Crippen molar-refractivity contribution in [3.05, 3.63) is 87.4 Å². The minimum Gasteiger partial charge on any atom is -0.478 e. The largest absolute Gasteiger partial charge is 0.478 e. The Morgan fingerprint density at radius 2 is 2.00 bits per heavy atom. The van der Waals surface area contributed by atoms with Crippen LogP contribution in [0.15, 0.2) is 59.2 Å². The maximum Gasteiger partial charge on any atom is 0.339 e. The van der Waals surface area contributed by atoms with E-state index in [1.807, 2.05) is 12.1 Å². The first-order valence-electron chi connectivity index (χ1n) is 9.87. The van der Waals surface area contributed by atoms with E-state index in [1.54, 1.807) is 12.1 Å². The number of halogens is 2. The second-order valence-electron chi connectivity index (χ2n) is 7.37. The molecule has 5 nitrogen and oxygen atoms in total. The van der Waals surface area contributed by atoms with Crippen molar-refractivity contribution in [1.29, 1.82) is 0 Å². The van der Waals surface area contributed by atoms with Gasteiger partial charge in [0.1, 0.15) is 5.82 Å². The molecule has 2 aromatic carbocycles. The summed E-state index contributed by atoms with van der Waals surface area (Å²) in [5.41, 5.74) is 2.72. The third-order valence-corrected chi connectivity index (χ3v) is 5.89. The molecule has 2 heterocycles. The van der Waals surface area contributed by atoms with Gasteiger partial charge < -0.3 is 10.0 Å². The van der Waals surface area contributed by atoms with Crippen molar-refractivity contribution in [2.24, 2.45) is 0 Å². The summed E-state index contributed by atoms with van der Waals surface area (Å²) in [5.74, 6) is -0.779. The van der Waals surface area contributed by atoms with Crippen LogP contribution in [0.3, 0.4) is 0 Å². The lowest BCUT2D eigenvalue weighted by Crippen LogP contribution is -2.25. The molecule has 3 aromatic rings. The lowest BCUT2D eigenvalue weighted by molar-refractivity contribution is 0.0694. The van der Waals surface area contributed by atoms with Crippen molar-refractivity contribution in [2.45, 2.75) is 31.7 Å². The predicted molar refractivity (Wildman–Crippen MR) is 116 cm³/mol. The van der Waals surface area contributed by atoms with Gasteiger partial charge in [0.25, 0.3) is 0 Å². The molecule has 1 N–H and O–H groups in total. The summed E-state index contributed by atoms with van der Waals surface area (Å²) in [6.07, 6.45) is 4.43. The number of aryl methyl sites for hydroxylation is 2. The fraction of sp³-hybridized carbons (Fsp3) is 0.261. The predicted octanol–water partition coefficient (Wildman–Crippen LogP) is 5.20. The number of carboxylic acids is 1. The van der Waals surface area contributed by atoms with Gasteiger partial charge in [-0.3, -0.25) is 0 Å². The molecule has 30 heavy (non-hydrogen) atoms. The molecule has 0 saturated carbocycles. The molecule has 1 saturated heterocycles. The molecule has 0 aliphatic carbocycles. The quantitative estimate of drug-likeness (QED) is 0.536. The number of anilines is 1. The zero-order valence-electron chi connectivity index (χ0n) is 16.3. The lowest BCUT2D eigenvalue weighted by Gasteiger charge is -2.25. The van der Waals surface area contributed by atoms with E-state index in [0.29, 0.717) is 24.5 Å². The van der Waals surface area contributed by atoms with Gasteiger partial charge in [-0.25, -0.2) is 19.2 Å². The van der Waals surface area contributed by atoms with E-state index < -0.39 is 5.97 Å². The van der Waals surface area contributed by atoms with Gasteiger partial charge in [-0.1, -0.05) is 40.2 Å². The van der Waals surface area contributed by atoms with Crippen LogP contribution in [0.2, 0.25) is 0 Å². The number of hydrogen-bond acceptors (Lipinski definition) is 4. The van der Waals surface area contributed by atoms with E-state index >= 15 is 0 Å². The maximum absolute atomic E-state index is 13.1. The summed E-state index contributed by atoms with van der Waals surface area (Å²) in [6.45, 7) is 0.820. The first-order valence-corrected chi connectivity index (χ1v) is 10.7. The molecule has 0 amide bonds. The number of rotatable bonds is 6. The van der Waals surface area contributed by atoms with Gasteiger partial charge in [-0.2, -0.15) is 0 Å². The molecule has 1 aliphatic rings. The molecule has 1 aliphatic heterocycles. The third-order valence-electron chi connectivity index (χ3n) is 5.39. The summed E-state index contributed by atoms with van der Waals surface area (Å²) < 4.78 is 14.2. The number of aromatic carboxylic acids is 1. The second-order valence-corrected chi connectivity index (χ2v) is 8.28. The smallest absolute Gasteiger partial charge is 0.339 e. The van der Waals surface area contributed by atoms with Crippen LogP contribution < -0.4 is 4.90 Å². The summed E-state index contributed by atoms with van der Waals surface area (Å²) in [6, 6.07) is 14.6. The van der Waals surface area contributed by atoms with E-state index in [1.165, 1.54) is 23.9 Å². The highest BCUT2D eigenvalue weighted by Gasteiger charge is 2.29. The minimum absolute atomic E-state index is 0.110. The fourth-order valence-corrected chi connectivity index (χ4v) is 4.31. The standard InChI is InChI=1S/C23H21BrFN3O2/c24-17-4-1-3-16(13-17)21-5-2-12-28(21)23-26-14-19(22(29)30)20(27-23)11-8-15-6-9-18(25)10-7-15/h1,3-4,6-7,9-10,13-14,21H,2,5,8,11-12H2,(H,29,30)/t21-/m0/s1. The molecule has 154 valence electrons. The van der Waals surface area contributed by atoms with E-state index in [0.717, 1.165) is 29.4 Å². The SMILES string of the molecule is O=C(O)c1cnc(N2CCC[C@H]2c2cccc(Br)c2)nc1CCc1ccc(F)cc1. The summed E-state index contributed by atoms with van der Waals surface area (Å²) in [4.78, 5) is 22.9. The molecule has 0 radical (unpaired) electrons. The Morgan fingerprint density at radius 1 is 1.20 bits per heavy atom. The molecule has 4 rings (SSSR count). The molecule has 1 fully saturated rings. The minimum atomic E-state index is -1.04. The van der Waals surface area contributed by atoms with Gasteiger partial charge in [-0.05, 0) is 61.1 Å². The zero-order chi connectivity index (χ0) is 21.1. The molecule has 7 heteroatoms. The van der Waals surface area contributed by atoms with Gasteiger partial charge in [-0.15, -0.1) is 0 Å². The van der Waals surface area contributed by atoms with Gasteiger partial charge in [0.05, 0.1) is 17.3 Å². The molecule has 1 atom stereocenters. The van der Waals surface area contributed by atoms with Crippen LogP contribution in [-0.4, -0.2) is 27.6 Å². The highest BCUT2D eigenvalue weighted by Crippen LogP contribution is 2.35. The topological polar surface area (TPSA) is 66.3 Å². The van der Waals surface area contributed by atoms with Crippen molar-refractivity contribution in [1.82, 2.24) is 9.97 Å². The monoisotopic (exact) mass is 469 g/mol. The lowest BCUT2D eigenvalue weighted by atomic mass is 10.0. The van der Waals surface area contributed by atoms with E-state index in [4.69, 9.17) is 0 Å². The molecule has 0 spiro atoms. The van der Waals surface area contributed by atoms with Crippen LogP contribution in [0.4, 0.5) is 10.3 Å². The average molecular weight is 470 g/mol. The number of carboxylic acid groups (broad SMARTS) is 1. The molecular weight excluding hydrogens is 449 g/mol. The number of carbonyl (C=O) groups is 1. The molecule has 0 unspecified atom stereocenters. The van der Waals surface area contributed by atoms with E-state index in [2.05, 4.69) is 42.9 Å². The fourth-order valence-electron chi connectivity index (χ4n) is 3.89. The third kappa shape index (κ3) is 4.51. The van der Waals surface area contributed by atoms with Crippen molar-refractivity contribution in [2.75, 3.05) is 11.4 Å². The summed E-state index contributed by atoms with van der Waals surface area (Å²) >= 11 is 3.53. The Labute approximate surface area is 182 Å². The van der Waals surface area contributed by atoms with Crippen molar-refractivity contribution >= 4 is 27.8 Å². The maximum atomic E-state index is 13.1. The van der Waals surface area contributed by atoms with Gasteiger partial charge >= 0.3 is 5.97 Å². The first kappa shape index (κ1) is 20.5. The number of nitrogens with zero attached hydrogens (tertiary/aromatic N) is 3. The van der Waals surface area contributed by atoms with Crippen molar-refractivity contribution < 1.29 is 14.3 Å². The first-order chi connectivity index (χ1) is 14.5. The Morgan fingerprint density at radius 3 is 2.73 bits per heavy atom. The van der Waals surface area contributed by atoms with Crippen LogP contribution >= 0.6 is 15.9 Å². The second kappa shape index (κ2) is 8.92. The number of benzene rings is 2. The van der Waals surface area contributed by atoms with Crippen LogP contribution in [0.5, 0.6) is 0 Å². The Bertz CT molecular complexity index is 1060. The van der Waals surface area contributed by atoms with Gasteiger partial charge in [0, 0.05) is 17.2 Å². The van der Waals surface area contributed by atoms with E-state index in [-0.39, 0.29) is 17.4 Å². The molecule has 0 bridgehead atoms. The summed E-state index contributed by atoms with van der Waals surface area (Å²) in [7, 11) is 0. The van der Waals surface area contributed by atoms with Gasteiger partial charge in [0.2, 0.25) is 5.95 Å². The van der Waals surface area contributed by atoms with Crippen LogP contribution in [0.1, 0.15) is 46.1 Å². The van der Waals surface area contributed by atoms with Crippen molar-refractivity contribution in [3.63, 3.8) is 0 Å². The zero-order valence-corrected chi connectivity index (χ0v) is 17.8. The molecule has 1 aromatic heterocycles.